The molecule has 0 saturated carbocycles. The fourth-order valence-electron chi connectivity index (χ4n) is 5.14. The monoisotopic (exact) mass is 523 g/mol. The van der Waals surface area contributed by atoms with Gasteiger partial charge in [0.1, 0.15) is 0 Å². The lowest BCUT2D eigenvalue weighted by Gasteiger charge is -2.33. The highest BCUT2D eigenvalue weighted by Gasteiger charge is 2.30. The fraction of sp³-hybridized carbons (Fsp3) is 0.379. The van der Waals surface area contributed by atoms with Crippen LogP contribution in [0.2, 0.25) is 5.02 Å². The molecule has 3 aromatic rings. The van der Waals surface area contributed by atoms with Crippen LogP contribution in [0.15, 0.2) is 53.5 Å². The van der Waals surface area contributed by atoms with E-state index < -0.39 is 0 Å². The molecule has 2 heterocycles. The van der Waals surface area contributed by atoms with E-state index in [1.54, 1.807) is 31.9 Å². The summed E-state index contributed by atoms with van der Waals surface area (Å²) in [6.07, 6.45) is 3.39. The summed E-state index contributed by atoms with van der Waals surface area (Å²) < 4.78 is 12.7. The van der Waals surface area contributed by atoms with Crippen LogP contribution in [0.3, 0.4) is 0 Å². The lowest BCUT2D eigenvalue weighted by molar-refractivity contribution is -0.118. The Kier molecular flexibility index (Phi) is 8.56. The van der Waals surface area contributed by atoms with Crippen molar-refractivity contribution in [3.63, 3.8) is 0 Å². The van der Waals surface area contributed by atoms with Crippen LogP contribution in [0.1, 0.15) is 41.9 Å². The molecular formula is C29H34ClN3O4. The zero-order chi connectivity index (χ0) is 26.5. The van der Waals surface area contributed by atoms with Crippen LogP contribution < -0.4 is 25.7 Å². The Morgan fingerprint density at radius 2 is 1.86 bits per heavy atom. The van der Waals surface area contributed by atoms with Crippen LogP contribution in [0.25, 0.3) is 11.1 Å². The Balaban J connectivity index is 1.70. The second-order valence-electron chi connectivity index (χ2n) is 9.45. The van der Waals surface area contributed by atoms with Gasteiger partial charge in [-0.2, -0.15) is 0 Å². The molecule has 8 heteroatoms. The molecule has 1 fully saturated rings. The Morgan fingerprint density at radius 1 is 1.11 bits per heavy atom. The number of carbonyl (C=O) groups excluding carboxylic acids is 1. The Hall–Kier alpha value is -3.29. The summed E-state index contributed by atoms with van der Waals surface area (Å²) in [5.41, 5.74) is 5.06. The molecule has 7 nitrogen and oxygen atoms in total. The quantitative estimate of drug-likeness (QED) is 0.461. The van der Waals surface area contributed by atoms with Gasteiger partial charge in [-0.25, -0.2) is 0 Å². The summed E-state index contributed by atoms with van der Waals surface area (Å²) in [5, 5.41) is 7.04. The molecule has 2 unspecified atom stereocenters. The summed E-state index contributed by atoms with van der Waals surface area (Å²) in [6, 6.07) is 13.9. The van der Waals surface area contributed by atoms with Crippen molar-refractivity contribution in [3.8, 4) is 22.6 Å². The average Bonchev–Trinajstić information content (AvgIpc) is 2.89. The number of aromatic nitrogens is 1. The van der Waals surface area contributed by atoms with E-state index in [-0.39, 0.29) is 23.3 Å². The van der Waals surface area contributed by atoms with Crippen molar-refractivity contribution >= 4 is 17.5 Å². The van der Waals surface area contributed by atoms with E-state index in [0.717, 1.165) is 47.3 Å². The largest absolute Gasteiger partial charge is 0.493 e. The molecule has 1 aliphatic heterocycles. The zero-order valence-corrected chi connectivity index (χ0v) is 22.5. The molecule has 0 spiro atoms. The number of carbonyl (C=O) groups is 1. The van der Waals surface area contributed by atoms with Crippen molar-refractivity contribution in [2.24, 2.45) is 7.05 Å². The predicted molar refractivity (Wildman–Crippen MR) is 147 cm³/mol. The highest BCUT2D eigenvalue weighted by Crippen LogP contribution is 2.42. The molecule has 1 saturated heterocycles. The first-order valence-corrected chi connectivity index (χ1v) is 12.9. The molecule has 1 aromatic heterocycles. The van der Waals surface area contributed by atoms with Crippen LogP contribution >= 0.6 is 11.6 Å². The van der Waals surface area contributed by atoms with Crippen LogP contribution in [-0.4, -0.2) is 44.3 Å². The van der Waals surface area contributed by atoms with E-state index in [1.807, 2.05) is 30.5 Å². The van der Waals surface area contributed by atoms with Crippen LogP contribution in [0.5, 0.6) is 11.5 Å². The highest BCUT2D eigenvalue weighted by molar-refractivity contribution is 6.31. The van der Waals surface area contributed by atoms with E-state index in [0.29, 0.717) is 29.5 Å². The summed E-state index contributed by atoms with van der Waals surface area (Å²) in [7, 11) is 4.99. The molecule has 0 aliphatic carbocycles. The number of nitrogens with zero attached hydrogens (tertiary/aromatic N) is 1. The average molecular weight is 524 g/mol. The number of aryl methyl sites for hydroxylation is 1. The van der Waals surface area contributed by atoms with Gasteiger partial charge >= 0.3 is 0 Å². The first-order chi connectivity index (χ1) is 17.8. The number of rotatable bonds is 8. The summed E-state index contributed by atoms with van der Waals surface area (Å²) >= 11 is 6.95. The van der Waals surface area contributed by atoms with E-state index in [9.17, 15) is 9.59 Å². The SMILES string of the molecule is COc1cc(CCNC(C)=O)c(-c2ccc(C3CNCCC3c3ccn(C)c(=O)c3)c(Cl)c2)cc1OC. The van der Waals surface area contributed by atoms with Gasteiger partial charge in [0.15, 0.2) is 11.5 Å². The lowest BCUT2D eigenvalue weighted by Crippen LogP contribution is -2.34. The molecule has 4 rings (SSSR count). The number of piperidine rings is 1. The number of pyridine rings is 1. The van der Waals surface area contributed by atoms with Gasteiger partial charge in [0, 0.05) is 50.3 Å². The Morgan fingerprint density at radius 3 is 2.54 bits per heavy atom. The predicted octanol–water partition coefficient (Wildman–Crippen LogP) is 4.26. The van der Waals surface area contributed by atoms with E-state index in [2.05, 4.69) is 22.8 Å². The summed E-state index contributed by atoms with van der Waals surface area (Å²) in [5.74, 6) is 1.54. The van der Waals surface area contributed by atoms with Gasteiger partial charge in [-0.1, -0.05) is 23.7 Å². The molecular weight excluding hydrogens is 490 g/mol. The molecule has 37 heavy (non-hydrogen) atoms. The molecule has 196 valence electrons. The zero-order valence-electron chi connectivity index (χ0n) is 21.8. The molecule has 2 aromatic carbocycles. The molecule has 2 N–H and O–H groups in total. The minimum Gasteiger partial charge on any atom is -0.493 e. The van der Waals surface area contributed by atoms with Crippen LogP contribution in [-0.2, 0) is 18.3 Å². The smallest absolute Gasteiger partial charge is 0.250 e. The summed E-state index contributed by atoms with van der Waals surface area (Å²) in [4.78, 5) is 23.7. The van der Waals surface area contributed by atoms with Crippen molar-refractivity contribution in [1.29, 1.82) is 0 Å². The second kappa shape index (κ2) is 11.8. The number of hydrogen-bond donors (Lipinski definition) is 2. The Bertz CT molecular complexity index is 1340. The minimum atomic E-state index is -0.0682. The number of methoxy groups -OCH3 is 2. The number of amides is 1. The number of hydrogen-bond acceptors (Lipinski definition) is 5. The molecule has 1 amide bonds. The van der Waals surface area contributed by atoms with Gasteiger partial charge < -0.3 is 24.7 Å². The second-order valence-corrected chi connectivity index (χ2v) is 9.86. The van der Waals surface area contributed by atoms with Gasteiger partial charge in [0.2, 0.25) is 5.91 Å². The lowest BCUT2D eigenvalue weighted by atomic mass is 9.77. The summed E-state index contributed by atoms with van der Waals surface area (Å²) in [6.45, 7) is 3.71. The fourth-order valence-corrected chi connectivity index (χ4v) is 5.46. The maximum absolute atomic E-state index is 12.3. The van der Waals surface area contributed by atoms with Crippen LogP contribution in [0, 0.1) is 0 Å². The third-order valence-corrected chi connectivity index (χ3v) is 7.45. The van der Waals surface area contributed by atoms with E-state index in [1.165, 1.54) is 6.92 Å². The van der Waals surface area contributed by atoms with E-state index in [4.69, 9.17) is 21.1 Å². The normalized spacial score (nSPS) is 17.3. The number of ether oxygens (including phenoxy) is 2. The molecule has 1 aliphatic rings. The molecule has 0 bridgehead atoms. The van der Waals surface area contributed by atoms with Crippen molar-refractivity contribution in [1.82, 2.24) is 15.2 Å². The standard InChI is InChI=1S/C29H34ClN3O4/c1-18(34)32-11-7-20-14-27(36-3)28(37-4)16-24(20)19-5-6-23(26(30)13-19)25-17-31-10-8-22(25)21-9-12-33(2)29(35)15-21/h5-6,9,12-16,22,25,31H,7-8,10-11,17H2,1-4H3,(H,32,34). The van der Waals surface area contributed by atoms with Gasteiger partial charge in [-0.3, -0.25) is 9.59 Å². The van der Waals surface area contributed by atoms with Crippen molar-refractivity contribution in [3.05, 3.63) is 80.7 Å². The number of halogens is 1. The maximum Gasteiger partial charge on any atom is 0.250 e. The molecule has 2 atom stereocenters. The highest BCUT2D eigenvalue weighted by atomic mass is 35.5. The number of nitrogens with one attached hydrogen (secondary N) is 2. The molecule has 0 radical (unpaired) electrons. The number of benzene rings is 2. The van der Waals surface area contributed by atoms with E-state index >= 15 is 0 Å². The maximum atomic E-state index is 12.3. The van der Waals surface area contributed by atoms with Crippen molar-refractivity contribution in [2.45, 2.75) is 31.6 Å². The van der Waals surface area contributed by atoms with Crippen LogP contribution in [0.4, 0.5) is 0 Å². The van der Waals surface area contributed by atoms with Gasteiger partial charge in [0.05, 0.1) is 14.2 Å². The Labute approximate surface area is 222 Å². The van der Waals surface area contributed by atoms with Gasteiger partial charge in [0.25, 0.3) is 5.56 Å². The van der Waals surface area contributed by atoms with Gasteiger partial charge in [-0.15, -0.1) is 0 Å². The van der Waals surface area contributed by atoms with Crippen molar-refractivity contribution in [2.75, 3.05) is 33.9 Å². The minimum absolute atomic E-state index is 0.00327. The van der Waals surface area contributed by atoms with Gasteiger partial charge in [-0.05, 0) is 77.4 Å². The third kappa shape index (κ3) is 6.00. The topological polar surface area (TPSA) is 81.6 Å². The van der Waals surface area contributed by atoms with Crippen molar-refractivity contribution < 1.29 is 14.3 Å². The third-order valence-electron chi connectivity index (χ3n) is 7.13. The first-order valence-electron chi connectivity index (χ1n) is 12.5. The first kappa shape index (κ1) is 26.8.